The fourth-order valence-electron chi connectivity index (χ4n) is 5.47. The van der Waals surface area contributed by atoms with Crippen LogP contribution >= 0.6 is 0 Å². The Morgan fingerprint density at radius 2 is 1.22 bits per heavy atom. The average Bonchev–Trinajstić information content (AvgIpc) is 2.88. The van der Waals surface area contributed by atoms with Crippen molar-refractivity contribution >= 4 is 12.2 Å². The zero-order chi connectivity index (χ0) is 30.7. The van der Waals surface area contributed by atoms with Crippen LogP contribution in [0.2, 0.25) is 0 Å². The predicted molar refractivity (Wildman–Crippen MR) is 163 cm³/mol. The molecule has 41 heavy (non-hydrogen) atoms. The van der Waals surface area contributed by atoms with Gasteiger partial charge >= 0.3 is 12.2 Å². The summed E-state index contributed by atoms with van der Waals surface area (Å²) in [5, 5.41) is 14.5. The lowest BCUT2D eigenvalue weighted by Gasteiger charge is -2.31. The first-order valence-corrected chi connectivity index (χ1v) is 15.8. The zero-order valence-electron chi connectivity index (χ0n) is 26.8. The van der Waals surface area contributed by atoms with Crippen LogP contribution in [0.25, 0.3) is 0 Å². The van der Waals surface area contributed by atoms with E-state index in [2.05, 4.69) is 17.2 Å². The summed E-state index contributed by atoms with van der Waals surface area (Å²) in [6, 6.07) is 0. The molecule has 0 unspecified atom stereocenters. The van der Waals surface area contributed by atoms with Crippen molar-refractivity contribution in [3.8, 4) is 0 Å². The summed E-state index contributed by atoms with van der Waals surface area (Å²) in [5.74, 6) is 1.13. The summed E-state index contributed by atoms with van der Waals surface area (Å²) in [6.45, 7) is 16.6. The van der Waals surface area contributed by atoms with Crippen molar-refractivity contribution in [2.24, 2.45) is 11.8 Å². The Bertz CT molecular complexity index is 733. The molecule has 0 heterocycles. The highest BCUT2D eigenvalue weighted by Gasteiger charge is 2.26. The standard InChI is InChI=1S/C16H31NO4.C16H29NO3/c1-16(2,3)21-15(19)17-10-6-8-13-7-4-5-9-14(13)20-12-11-18;1-5-19-14-11-7-6-9-13(14)10-8-12-17-15(18)20-16(2,3)4/h13-14,18H,4-12H2,1-3H3,(H,17,19);5,13-14H,1,6-12H2,2-4H3,(H,17,18)/t2*13-,14-/m00/s1. The monoisotopic (exact) mass is 584 g/mol. The summed E-state index contributed by atoms with van der Waals surface area (Å²) in [6.07, 6.45) is 15.1. The summed E-state index contributed by atoms with van der Waals surface area (Å²) >= 11 is 0. The van der Waals surface area contributed by atoms with Crippen LogP contribution in [0, 0.1) is 11.8 Å². The van der Waals surface area contributed by atoms with E-state index in [-0.39, 0.29) is 24.9 Å². The van der Waals surface area contributed by atoms with E-state index in [1.807, 2.05) is 41.5 Å². The second kappa shape index (κ2) is 20.0. The van der Waals surface area contributed by atoms with Crippen LogP contribution in [0.1, 0.15) is 119 Å². The molecule has 0 spiro atoms. The maximum atomic E-state index is 11.5. The van der Waals surface area contributed by atoms with Gasteiger partial charge in [0.25, 0.3) is 0 Å². The van der Waals surface area contributed by atoms with Crippen molar-refractivity contribution in [2.75, 3.05) is 26.3 Å². The molecule has 0 saturated heterocycles. The minimum Gasteiger partial charge on any atom is -0.498 e. The summed E-state index contributed by atoms with van der Waals surface area (Å²) in [5.41, 5.74) is -0.882. The maximum Gasteiger partial charge on any atom is 0.407 e. The van der Waals surface area contributed by atoms with Crippen LogP contribution < -0.4 is 10.6 Å². The van der Waals surface area contributed by atoms with Crippen LogP contribution in [-0.2, 0) is 18.9 Å². The Kier molecular flexibility index (Phi) is 18.1. The van der Waals surface area contributed by atoms with Crippen molar-refractivity contribution in [3.05, 3.63) is 12.8 Å². The van der Waals surface area contributed by atoms with Crippen molar-refractivity contribution < 1.29 is 33.6 Å². The molecule has 2 amide bonds. The quantitative estimate of drug-likeness (QED) is 0.160. The summed E-state index contributed by atoms with van der Waals surface area (Å²) in [7, 11) is 0. The van der Waals surface area contributed by atoms with Crippen LogP contribution in [0.15, 0.2) is 12.8 Å². The molecule has 9 nitrogen and oxygen atoms in total. The minimum atomic E-state index is -0.448. The molecule has 9 heteroatoms. The van der Waals surface area contributed by atoms with Gasteiger partial charge in [0, 0.05) is 13.1 Å². The van der Waals surface area contributed by atoms with E-state index in [0.29, 0.717) is 37.6 Å². The molecule has 240 valence electrons. The third-order valence-electron chi connectivity index (χ3n) is 7.21. The van der Waals surface area contributed by atoms with E-state index in [1.165, 1.54) is 38.5 Å². The molecule has 0 radical (unpaired) electrons. The van der Waals surface area contributed by atoms with Gasteiger partial charge in [-0.05, 0) is 111 Å². The smallest absolute Gasteiger partial charge is 0.407 e. The van der Waals surface area contributed by atoms with Gasteiger partial charge in [0.1, 0.15) is 17.3 Å². The highest BCUT2D eigenvalue weighted by atomic mass is 16.6. The number of hydrogen-bond acceptors (Lipinski definition) is 7. The fraction of sp³-hybridized carbons (Fsp3) is 0.875. The van der Waals surface area contributed by atoms with Gasteiger partial charge in [-0.25, -0.2) is 9.59 Å². The van der Waals surface area contributed by atoms with Crippen molar-refractivity contribution in [1.29, 1.82) is 0 Å². The molecule has 0 aromatic carbocycles. The Morgan fingerprint density at radius 1 is 0.780 bits per heavy atom. The molecule has 2 aliphatic rings. The van der Waals surface area contributed by atoms with Gasteiger partial charge in [-0.3, -0.25) is 0 Å². The maximum absolute atomic E-state index is 11.5. The van der Waals surface area contributed by atoms with Crippen molar-refractivity contribution in [2.45, 2.75) is 142 Å². The molecule has 0 aromatic rings. The summed E-state index contributed by atoms with van der Waals surface area (Å²) < 4.78 is 21.7. The van der Waals surface area contributed by atoms with E-state index < -0.39 is 11.2 Å². The predicted octanol–water partition coefficient (Wildman–Crippen LogP) is 6.87. The lowest BCUT2D eigenvalue weighted by Crippen LogP contribution is -2.34. The second-order valence-electron chi connectivity index (χ2n) is 13.2. The highest BCUT2D eigenvalue weighted by molar-refractivity contribution is 5.67. The lowest BCUT2D eigenvalue weighted by molar-refractivity contribution is -0.0276. The number of carbonyl (C=O) groups excluding carboxylic acids is 2. The van der Waals surface area contributed by atoms with Crippen LogP contribution in [-0.4, -0.2) is 67.0 Å². The molecule has 0 aliphatic heterocycles. The molecule has 2 rings (SSSR count). The number of alkyl carbamates (subject to hydrolysis) is 2. The molecule has 4 atom stereocenters. The number of hydrogen-bond donors (Lipinski definition) is 3. The highest BCUT2D eigenvalue weighted by Crippen LogP contribution is 2.31. The van der Waals surface area contributed by atoms with Crippen molar-refractivity contribution in [3.63, 3.8) is 0 Å². The van der Waals surface area contributed by atoms with E-state index in [1.54, 1.807) is 6.26 Å². The van der Waals surface area contributed by atoms with E-state index in [4.69, 9.17) is 24.1 Å². The van der Waals surface area contributed by atoms with E-state index >= 15 is 0 Å². The molecule has 2 fully saturated rings. The Balaban J connectivity index is 0.000000410. The summed E-state index contributed by atoms with van der Waals surface area (Å²) in [4.78, 5) is 23.0. The number of nitrogens with one attached hydrogen (secondary N) is 2. The third kappa shape index (κ3) is 18.9. The number of carbonyl (C=O) groups is 2. The van der Waals surface area contributed by atoms with Gasteiger partial charge in [-0.15, -0.1) is 0 Å². The molecule has 0 bridgehead atoms. The largest absolute Gasteiger partial charge is 0.498 e. The van der Waals surface area contributed by atoms with Gasteiger partial charge in [0.05, 0.1) is 25.6 Å². The van der Waals surface area contributed by atoms with Crippen molar-refractivity contribution in [1.82, 2.24) is 10.6 Å². The van der Waals surface area contributed by atoms with Gasteiger partial charge in [-0.2, -0.15) is 0 Å². The SMILES string of the molecule is C=CO[C@H]1CCCC[C@H]1CCCNC(=O)OC(C)(C)C.CC(C)(C)OC(=O)NCCC[C@@H]1CCCC[C@@H]1OCCO. The first kappa shape index (κ1) is 37.0. The normalized spacial score (nSPS) is 22.9. The first-order valence-electron chi connectivity index (χ1n) is 15.8. The Morgan fingerprint density at radius 3 is 1.66 bits per heavy atom. The van der Waals surface area contributed by atoms with Gasteiger partial charge < -0.3 is 34.7 Å². The number of aliphatic hydroxyl groups is 1. The molecule has 3 N–H and O–H groups in total. The zero-order valence-corrected chi connectivity index (χ0v) is 26.8. The molecular formula is C32H60N2O7. The average molecular weight is 585 g/mol. The van der Waals surface area contributed by atoms with Crippen LogP contribution in [0.5, 0.6) is 0 Å². The number of ether oxygens (including phenoxy) is 4. The van der Waals surface area contributed by atoms with Gasteiger partial charge in [-0.1, -0.05) is 25.8 Å². The first-order chi connectivity index (χ1) is 19.3. The minimum absolute atomic E-state index is 0.0867. The van der Waals surface area contributed by atoms with E-state index in [9.17, 15) is 9.59 Å². The third-order valence-corrected chi connectivity index (χ3v) is 7.21. The topological polar surface area (TPSA) is 115 Å². The Labute approximate surface area is 249 Å². The van der Waals surface area contributed by atoms with Crippen LogP contribution in [0.4, 0.5) is 9.59 Å². The Hall–Kier alpha value is -2.00. The second-order valence-corrected chi connectivity index (χ2v) is 13.2. The van der Waals surface area contributed by atoms with Crippen LogP contribution in [0.3, 0.4) is 0 Å². The van der Waals surface area contributed by atoms with Gasteiger partial charge in [0.15, 0.2) is 0 Å². The van der Waals surface area contributed by atoms with E-state index in [0.717, 1.165) is 38.5 Å². The molecule has 2 saturated carbocycles. The number of amides is 2. The molecule has 0 aromatic heterocycles. The number of aliphatic hydroxyl groups excluding tert-OH is 1. The lowest BCUT2D eigenvalue weighted by atomic mass is 9.83. The molecular weight excluding hydrogens is 524 g/mol. The molecule has 2 aliphatic carbocycles. The van der Waals surface area contributed by atoms with Gasteiger partial charge in [0.2, 0.25) is 0 Å². The fourth-order valence-corrected chi connectivity index (χ4v) is 5.47. The number of rotatable bonds is 13.